The van der Waals surface area contributed by atoms with E-state index in [1.165, 1.54) is 0 Å². The van der Waals surface area contributed by atoms with E-state index >= 15 is 0 Å². The van der Waals surface area contributed by atoms with Gasteiger partial charge in [-0.1, -0.05) is 29.8 Å². The molecule has 0 unspecified atom stereocenters. The van der Waals surface area contributed by atoms with Gasteiger partial charge in [0.05, 0.1) is 0 Å². The largest absolute Gasteiger partial charge is 0.326 e. The number of rotatable bonds is 2. The highest BCUT2D eigenvalue weighted by Crippen LogP contribution is 2.29. The van der Waals surface area contributed by atoms with Gasteiger partial charge >= 0.3 is 0 Å². The molecule has 0 amide bonds. The number of hydrogen-bond donors (Lipinski definition) is 1. The molecule has 0 spiro atoms. The first kappa shape index (κ1) is 16.2. The number of nitrogens with two attached hydrogens (primary N) is 1. The monoisotopic (exact) mass is 290 g/mol. The summed E-state index contributed by atoms with van der Waals surface area (Å²) in [6.07, 6.45) is 3.52. The molecule has 2 N–H and O–H groups in total. The minimum atomic E-state index is 0. The third-order valence-corrected chi connectivity index (χ3v) is 2.62. The molecule has 0 aliphatic heterocycles. The first-order chi connectivity index (χ1) is 7.33. The molecule has 2 rings (SSSR count). The third kappa shape index (κ3) is 3.58. The Morgan fingerprint density at radius 1 is 1.06 bits per heavy atom. The van der Waals surface area contributed by atoms with Crippen molar-refractivity contribution in [3.8, 4) is 11.1 Å². The summed E-state index contributed by atoms with van der Waals surface area (Å²) < 4.78 is 0. The summed E-state index contributed by atoms with van der Waals surface area (Å²) in [5.74, 6) is 0. The van der Waals surface area contributed by atoms with Gasteiger partial charge in [-0.15, -0.1) is 24.8 Å². The van der Waals surface area contributed by atoms with Crippen LogP contribution in [0.25, 0.3) is 11.1 Å². The highest BCUT2D eigenvalue weighted by atomic mass is 35.5. The van der Waals surface area contributed by atoms with Crippen LogP contribution in [0.5, 0.6) is 0 Å². The maximum Gasteiger partial charge on any atom is 0.0484 e. The van der Waals surface area contributed by atoms with Gasteiger partial charge in [-0.05, 0) is 23.3 Å². The van der Waals surface area contributed by atoms with Crippen molar-refractivity contribution in [2.45, 2.75) is 6.54 Å². The van der Waals surface area contributed by atoms with Crippen LogP contribution in [0, 0.1) is 0 Å². The Morgan fingerprint density at radius 3 is 2.41 bits per heavy atom. The van der Waals surface area contributed by atoms with Gasteiger partial charge in [-0.3, -0.25) is 4.98 Å². The predicted octanol–water partition coefficient (Wildman–Crippen LogP) is 3.70. The Kier molecular flexibility index (Phi) is 7.16. The van der Waals surface area contributed by atoms with Gasteiger partial charge in [0.2, 0.25) is 0 Å². The van der Waals surface area contributed by atoms with Crippen molar-refractivity contribution in [1.82, 2.24) is 4.98 Å². The van der Waals surface area contributed by atoms with E-state index in [0.29, 0.717) is 6.54 Å². The molecule has 1 aromatic heterocycles. The first-order valence-corrected chi connectivity index (χ1v) is 5.08. The van der Waals surface area contributed by atoms with E-state index in [1.54, 1.807) is 12.4 Å². The minimum Gasteiger partial charge on any atom is -0.326 e. The van der Waals surface area contributed by atoms with E-state index < -0.39 is 0 Å². The molecule has 0 aliphatic carbocycles. The quantitative estimate of drug-likeness (QED) is 0.916. The predicted molar refractivity (Wildman–Crippen MR) is 77.1 cm³/mol. The molecular weight excluding hydrogens is 279 g/mol. The Bertz CT molecular complexity index is 475. The minimum absolute atomic E-state index is 0. The Balaban J connectivity index is 0.00000128. The van der Waals surface area contributed by atoms with Crippen molar-refractivity contribution in [3.63, 3.8) is 0 Å². The standard InChI is InChI=1S/C12H11ClN2.2ClH/c13-12-4-2-1-3-11(12)10-5-6-15-8-9(10)7-14;;/h1-6,8H,7,14H2;2*1H. The molecule has 5 heteroatoms. The zero-order valence-corrected chi connectivity index (χ0v) is 11.4. The molecule has 0 atom stereocenters. The zero-order valence-electron chi connectivity index (χ0n) is 8.97. The molecule has 1 aromatic carbocycles. The molecule has 17 heavy (non-hydrogen) atoms. The average molecular weight is 292 g/mol. The molecular formula is C12H13Cl3N2. The summed E-state index contributed by atoms with van der Waals surface area (Å²) in [5, 5.41) is 0.735. The molecule has 0 fully saturated rings. The lowest BCUT2D eigenvalue weighted by Gasteiger charge is -2.08. The van der Waals surface area contributed by atoms with Gasteiger partial charge < -0.3 is 5.73 Å². The summed E-state index contributed by atoms with van der Waals surface area (Å²) in [6.45, 7) is 0.467. The zero-order chi connectivity index (χ0) is 10.7. The van der Waals surface area contributed by atoms with Crippen molar-refractivity contribution in [2.24, 2.45) is 5.73 Å². The summed E-state index contributed by atoms with van der Waals surface area (Å²) in [7, 11) is 0. The van der Waals surface area contributed by atoms with Gasteiger partial charge in [-0.25, -0.2) is 0 Å². The SMILES string of the molecule is Cl.Cl.NCc1cnccc1-c1ccccc1Cl. The second-order valence-electron chi connectivity index (χ2n) is 3.22. The van der Waals surface area contributed by atoms with Gasteiger partial charge in [0.1, 0.15) is 0 Å². The van der Waals surface area contributed by atoms with E-state index in [4.69, 9.17) is 17.3 Å². The Morgan fingerprint density at radius 2 is 1.76 bits per heavy atom. The maximum atomic E-state index is 6.13. The fraction of sp³-hybridized carbons (Fsp3) is 0.0833. The number of halogens is 3. The van der Waals surface area contributed by atoms with Gasteiger partial charge in [0.15, 0.2) is 0 Å². The van der Waals surface area contributed by atoms with Crippen molar-refractivity contribution in [3.05, 3.63) is 53.3 Å². The number of nitrogens with zero attached hydrogens (tertiary/aromatic N) is 1. The summed E-state index contributed by atoms with van der Waals surface area (Å²) >= 11 is 6.13. The number of pyridine rings is 1. The van der Waals surface area contributed by atoms with E-state index in [9.17, 15) is 0 Å². The van der Waals surface area contributed by atoms with Crippen LogP contribution in [0.15, 0.2) is 42.7 Å². The van der Waals surface area contributed by atoms with Crippen LogP contribution in [0.1, 0.15) is 5.56 Å². The summed E-state index contributed by atoms with van der Waals surface area (Å²) in [6, 6.07) is 9.66. The number of hydrogen-bond acceptors (Lipinski definition) is 2. The van der Waals surface area contributed by atoms with Crippen LogP contribution in [-0.4, -0.2) is 4.98 Å². The molecule has 0 bridgehead atoms. The topological polar surface area (TPSA) is 38.9 Å². The summed E-state index contributed by atoms with van der Waals surface area (Å²) in [5.41, 5.74) is 8.72. The van der Waals surface area contributed by atoms with E-state index in [0.717, 1.165) is 21.7 Å². The molecule has 2 aromatic rings. The van der Waals surface area contributed by atoms with Gasteiger partial charge in [0, 0.05) is 29.5 Å². The highest BCUT2D eigenvalue weighted by molar-refractivity contribution is 6.33. The first-order valence-electron chi connectivity index (χ1n) is 4.71. The second kappa shape index (κ2) is 7.51. The molecule has 0 radical (unpaired) electrons. The maximum absolute atomic E-state index is 6.13. The van der Waals surface area contributed by atoms with Crippen molar-refractivity contribution in [2.75, 3.05) is 0 Å². The molecule has 1 heterocycles. The second-order valence-corrected chi connectivity index (χ2v) is 3.62. The lowest BCUT2D eigenvalue weighted by atomic mass is 10.0. The highest BCUT2D eigenvalue weighted by Gasteiger charge is 2.06. The van der Waals surface area contributed by atoms with Crippen molar-refractivity contribution >= 4 is 36.4 Å². The number of benzene rings is 1. The fourth-order valence-corrected chi connectivity index (χ4v) is 1.77. The normalized spacial score (nSPS) is 9.06. The average Bonchev–Trinajstić information content (AvgIpc) is 2.30. The smallest absolute Gasteiger partial charge is 0.0484 e. The van der Waals surface area contributed by atoms with Crippen molar-refractivity contribution in [1.29, 1.82) is 0 Å². The van der Waals surface area contributed by atoms with Crippen molar-refractivity contribution < 1.29 is 0 Å². The van der Waals surface area contributed by atoms with Crippen LogP contribution in [-0.2, 0) is 6.54 Å². The fourth-order valence-electron chi connectivity index (χ4n) is 1.53. The molecule has 0 saturated carbocycles. The Hall–Kier alpha value is -0.800. The number of aromatic nitrogens is 1. The van der Waals surface area contributed by atoms with Crippen LogP contribution >= 0.6 is 36.4 Å². The summed E-state index contributed by atoms with van der Waals surface area (Å²) in [4.78, 5) is 4.05. The molecule has 0 saturated heterocycles. The van der Waals surface area contributed by atoms with Crippen LogP contribution in [0.3, 0.4) is 0 Å². The molecule has 92 valence electrons. The van der Waals surface area contributed by atoms with Crippen LogP contribution in [0.2, 0.25) is 5.02 Å². The Labute approximate surface area is 118 Å². The van der Waals surface area contributed by atoms with Gasteiger partial charge in [-0.2, -0.15) is 0 Å². The van der Waals surface area contributed by atoms with Crippen LogP contribution in [0.4, 0.5) is 0 Å². The lowest BCUT2D eigenvalue weighted by molar-refractivity contribution is 1.05. The van der Waals surface area contributed by atoms with E-state index in [2.05, 4.69) is 4.98 Å². The molecule has 0 aliphatic rings. The van der Waals surface area contributed by atoms with Gasteiger partial charge in [0.25, 0.3) is 0 Å². The van der Waals surface area contributed by atoms with E-state index in [-0.39, 0.29) is 24.8 Å². The van der Waals surface area contributed by atoms with E-state index in [1.807, 2.05) is 30.3 Å². The van der Waals surface area contributed by atoms with Crippen LogP contribution < -0.4 is 5.73 Å². The molecule has 2 nitrogen and oxygen atoms in total. The lowest BCUT2D eigenvalue weighted by Crippen LogP contribution is -1.99. The third-order valence-electron chi connectivity index (χ3n) is 2.29.